The van der Waals surface area contributed by atoms with Gasteiger partial charge >= 0.3 is 0 Å². The van der Waals surface area contributed by atoms with Crippen molar-refractivity contribution in [2.45, 2.75) is 19.8 Å². The van der Waals surface area contributed by atoms with Gasteiger partial charge in [-0.25, -0.2) is 4.98 Å². The van der Waals surface area contributed by atoms with Crippen LogP contribution in [-0.4, -0.2) is 68.3 Å². The second kappa shape index (κ2) is 11.2. The zero-order chi connectivity index (χ0) is 17.0. The number of aliphatic imine (C=N–C) groups is 1. The first-order valence-corrected chi connectivity index (χ1v) is 9.08. The van der Waals surface area contributed by atoms with Gasteiger partial charge in [-0.2, -0.15) is 0 Å². The van der Waals surface area contributed by atoms with Crippen LogP contribution in [-0.2, 0) is 11.2 Å². The van der Waals surface area contributed by atoms with Crippen molar-refractivity contribution in [3.8, 4) is 0 Å². The highest BCUT2D eigenvalue weighted by Crippen LogP contribution is 2.05. The van der Waals surface area contributed by atoms with Crippen LogP contribution in [0.3, 0.4) is 0 Å². The van der Waals surface area contributed by atoms with Crippen LogP contribution in [0.5, 0.6) is 0 Å². The Morgan fingerprint density at radius 1 is 1.33 bits per heavy atom. The number of halogens is 1. The zero-order valence-electron chi connectivity index (χ0n) is 14.4. The van der Waals surface area contributed by atoms with Crippen LogP contribution in [0.1, 0.15) is 18.9 Å². The molecule has 0 spiro atoms. The summed E-state index contributed by atoms with van der Waals surface area (Å²) in [4.78, 5) is 11.2. The quantitative estimate of drug-likeness (QED) is 0.321. The van der Waals surface area contributed by atoms with Crippen LogP contribution in [0, 0.1) is 0 Å². The van der Waals surface area contributed by atoms with E-state index in [1.165, 1.54) is 0 Å². The predicted octanol–water partition coefficient (Wildman–Crippen LogP) is 1.55. The third kappa shape index (κ3) is 7.47. The Kier molecular flexibility index (Phi) is 8.87. The normalized spacial score (nSPS) is 16.2. The maximum atomic E-state index is 5.80. The highest BCUT2D eigenvalue weighted by molar-refractivity contribution is 6.29. The Balaban J connectivity index is 1.66. The van der Waals surface area contributed by atoms with Crippen molar-refractivity contribution in [1.29, 1.82) is 0 Å². The van der Waals surface area contributed by atoms with E-state index in [2.05, 4.69) is 32.4 Å². The van der Waals surface area contributed by atoms with E-state index in [0.717, 1.165) is 76.8 Å². The van der Waals surface area contributed by atoms with Crippen LogP contribution in [0.2, 0.25) is 5.15 Å². The monoisotopic (exact) mass is 353 g/mol. The molecule has 0 amide bonds. The van der Waals surface area contributed by atoms with Gasteiger partial charge in [0.1, 0.15) is 5.15 Å². The van der Waals surface area contributed by atoms with E-state index in [9.17, 15) is 0 Å². The summed E-state index contributed by atoms with van der Waals surface area (Å²) in [6.07, 6.45) is 3.77. The van der Waals surface area contributed by atoms with Crippen LogP contribution >= 0.6 is 11.6 Å². The van der Waals surface area contributed by atoms with Crippen molar-refractivity contribution < 1.29 is 4.74 Å². The van der Waals surface area contributed by atoms with Crippen LogP contribution in [0.15, 0.2) is 23.3 Å². The first-order valence-electron chi connectivity index (χ1n) is 8.70. The Bertz CT molecular complexity index is 488. The molecular weight excluding hydrogens is 326 g/mol. The molecule has 0 unspecified atom stereocenters. The van der Waals surface area contributed by atoms with E-state index in [1.54, 1.807) is 0 Å². The molecule has 7 heteroatoms. The molecule has 0 aromatic carbocycles. The summed E-state index contributed by atoms with van der Waals surface area (Å²) in [5.41, 5.74) is 1.16. The van der Waals surface area contributed by atoms with Crippen molar-refractivity contribution in [3.63, 3.8) is 0 Å². The number of pyridine rings is 1. The first-order chi connectivity index (χ1) is 11.8. The third-order valence-corrected chi connectivity index (χ3v) is 4.07. The highest BCUT2D eigenvalue weighted by atomic mass is 35.5. The summed E-state index contributed by atoms with van der Waals surface area (Å²) < 4.78 is 5.36. The number of nitrogens with zero attached hydrogens (tertiary/aromatic N) is 3. The molecule has 1 aliphatic heterocycles. The fourth-order valence-electron chi connectivity index (χ4n) is 2.53. The molecule has 0 atom stereocenters. The summed E-state index contributed by atoms with van der Waals surface area (Å²) in [5.74, 6) is 0.876. The van der Waals surface area contributed by atoms with E-state index in [0.29, 0.717) is 5.15 Å². The third-order valence-electron chi connectivity index (χ3n) is 3.85. The molecule has 1 aliphatic rings. The molecule has 134 valence electrons. The SMILES string of the molecule is CCNC(=NCCCN1CCOCC1)NCCc1ccc(Cl)nc1. The van der Waals surface area contributed by atoms with E-state index >= 15 is 0 Å². The summed E-state index contributed by atoms with van der Waals surface area (Å²) in [6.45, 7) is 9.46. The summed E-state index contributed by atoms with van der Waals surface area (Å²) >= 11 is 5.80. The number of nitrogens with one attached hydrogen (secondary N) is 2. The number of guanidine groups is 1. The van der Waals surface area contributed by atoms with Crippen LogP contribution < -0.4 is 10.6 Å². The van der Waals surface area contributed by atoms with Crippen molar-refractivity contribution >= 4 is 17.6 Å². The van der Waals surface area contributed by atoms with Gasteiger partial charge < -0.3 is 15.4 Å². The van der Waals surface area contributed by atoms with Gasteiger partial charge in [0.05, 0.1) is 13.2 Å². The summed E-state index contributed by atoms with van der Waals surface area (Å²) in [5, 5.41) is 7.18. The highest BCUT2D eigenvalue weighted by Gasteiger charge is 2.09. The van der Waals surface area contributed by atoms with Crippen molar-refractivity contribution in [1.82, 2.24) is 20.5 Å². The maximum Gasteiger partial charge on any atom is 0.191 e. The average Bonchev–Trinajstić information content (AvgIpc) is 2.61. The molecule has 2 N–H and O–H groups in total. The molecule has 0 bridgehead atoms. The van der Waals surface area contributed by atoms with Gasteiger partial charge in [-0.3, -0.25) is 9.89 Å². The molecular formula is C17H28ClN5O. The number of aromatic nitrogens is 1. The summed E-state index contributed by atoms with van der Waals surface area (Å²) in [6, 6.07) is 3.82. The number of morpholine rings is 1. The van der Waals surface area contributed by atoms with Gasteiger partial charge in [-0.1, -0.05) is 17.7 Å². The lowest BCUT2D eigenvalue weighted by atomic mass is 10.2. The van der Waals surface area contributed by atoms with Gasteiger partial charge in [-0.15, -0.1) is 0 Å². The van der Waals surface area contributed by atoms with Gasteiger partial charge in [0.15, 0.2) is 5.96 Å². The Morgan fingerprint density at radius 3 is 2.88 bits per heavy atom. The van der Waals surface area contributed by atoms with Gasteiger partial charge in [0, 0.05) is 45.5 Å². The van der Waals surface area contributed by atoms with E-state index in [-0.39, 0.29) is 0 Å². The zero-order valence-corrected chi connectivity index (χ0v) is 15.2. The lowest BCUT2D eigenvalue weighted by Gasteiger charge is -2.26. The van der Waals surface area contributed by atoms with Gasteiger partial charge in [-0.05, 0) is 31.4 Å². The second-order valence-electron chi connectivity index (χ2n) is 5.73. The molecule has 1 aromatic heterocycles. The molecule has 0 saturated carbocycles. The fourth-order valence-corrected chi connectivity index (χ4v) is 2.64. The van der Waals surface area contributed by atoms with Gasteiger partial charge in [0.25, 0.3) is 0 Å². The van der Waals surface area contributed by atoms with E-state index in [4.69, 9.17) is 16.3 Å². The van der Waals surface area contributed by atoms with Crippen molar-refractivity contribution in [2.75, 3.05) is 52.5 Å². The molecule has 1 fully saturated rings. The molecule has 1 aromatic rings. The largest absolute Gasteiger partial charge is 0.379 e. The van der Waals surface area contributed by atoms with Crippen molar-refractivity contribution in [3.05, 3.63) is 29.0 Å². The Morgan fingerprint density at radius 2 is 2.17 bits per heavy atom. The molecule has 0 radical (unpaired) electrons. The van der Waals surface area contributed by atoms with Crippen molar-refractivity contribution in [2.24, 2.45) is 4.99 Å². The topological polar surface area (TPSA) is 61.8 Å². The standard InChI is InChI=1S/C17H28ClN5O/c1-2-19-17(20-7-3-9-23-10-12-24-13-11-23)21-8-6-15-4-5-16(18)22-14-15/h4-5,14H,2-3,6-13H2,1H3,(H2,19,20,21). The van der Waals surface area contributed by atoms with Crippen LogP contribution in [0.4, 0.5) is 0 Å². The molecule has 1 saturated heterocycles. The summed E-state index contributed by atoms with van der Waals surface area (Å²) in [7, 11) is 0. The lowest BCUT2D eigenvalue weighted by molar-refractivity contribution is 0.0377. The van der Waals surface area contributed by atoms with E-state index < -0.39 is 0 Å². The minimum absolute atomic E-state index is 0.530. The maximum absolute atomic E-state index is 5.80. The molecule has 0 aliphatic carbocycles. The number of rotatable bonds is 8. The molecule has 2 rings (SSSR count). The average molecular weight is 354 g/mol. The van der Waals surface area contributed by atoms with E-state index in [1.807, 2.05) is 18.3 Å². The van der Waals surface area contributed by atoms with Crippen LogP contribution in [0.25, 0.3) is 0 Å². The second-order valence-corrected chi connectivity index (χ2v) is 6.12. The van der Waals surface area contributed by atoms with Gasteiger partial charge in [0.2, 0.25) is 0 Å². The number of hydrogen-bond acceptors (Lipinski definition) is 4. The number of hydrogen-bond donors (Lipinski definition) is 2. The minimum atomic E-state index is 0.530. The Hall–Kier alpha value is -1.37. The minimum Gasteiger partial charge on any atom is -0.379 e. The molecule has 6 nitrogen and oxygen atoms in total. The molecule has 24 heavy (non-hydrogen) atoms. The fraction of sp³-hybridized carbons (Fsp3) is 0.647. The smallest absolute Gasteiger partial charge is 0.191 e. The Labute approximate surface area is 149 Å². The predicted molar refractivity (Wildman–Crippen MR) is 98.8 cm³/mol. The number of ether oxygens (including phenoxy) is 1. The lowest BCUT2D eigenvalue weighted by Crippen LogP contribution is -2.39. The molecule has 2 heterocycles. The first kappa shape index (κ1) is 19.0.